The van der Waals surface area contributed by atoms with E-state index in [9.17, 15) is 4.79 Å². The number of rotatable bonds is 6. The average Bonchev–Trinajstić information content (AvgIpc) is 2.61. The predicted octanol–water partition coefficient (Wildman–Crippen LogP) is 3.84. The molecule has 2 aromatic carbocycles. The Hall–Kier alpha value is -2.44. The highest BCUT2D eigenvalue weighted by atomic mass is 35.5. The van der Waals surface area contributed by atoms with Gasteiger partial charge in [0.05, 0.1) is 12.2 Å². The van der Waals surface area contributed by atoms with Crippen LogP contribution in [0.2, 0.25) is 5.02 Å². The summed E-state index contributed by atoms with van der Waals surface area (Å²) in [5.41, 5.74) is 6.86. The van der Waals surface area contributed by atoms with Gasteiger partial charge >= 0.3 is 0 Å². The number of hydrogen-bond acceptors (Lipinski definition) is 5. The molecule has 0 atom stereocenters. The first-order chi connectivity index (χ1) is 12.1. The maximum atomic E-state index is 12.3. The first-order valence-electron chi connectivity index (χ1n) is 7.60. The van der Waals surface area contributed by atoms with Gasteiger partial charge in [-0.05, 0) is 29.8 Å². The van der Waals surface area contributed by atoms with Crippen molar-refractivity contribution in [1.29, 1.82) is 0 Å². The molecule has 0 aliphatic carbocycles. The molecule has 0 saturated heterocycles. The maximum Gasteiger partial charge on any atom is 0.261 e. The minimum Gasteiger partial charge on any atom is -0.493 e. The van der Waals surface area contributed by atoms with E-state index in [1.807, 2.05) is 30.3 Å². The number of nitrogens with two attached hydrogens (primary N) is 1. The number of aromatic nitrogens is 2. The van der Waals surface area contributed by atoms with Crippen molar-refractivity contribution >= 4 is 29.2 Å². The van der Waals surface area contributed by atoms with Gasteiger partial charge in [0, 0.05) is 10.8 Å². The molecular formula is C18H16ClN3O2S. The molecule has 0 aliphatic heterocycles. The first kappa shape index (κ1) is 17.4. The van der Waals surface area contributed by atoms with Crippen LogP contribution in [-0.2, 0) is 0 Å². The summed E-state index contributed by atoms with van der Waals surface area (Å²) in [5.74, 6) is 1.58. The number of H-pyrrole nitrogens is 1. The molecule has 3 N–H and O–H groups in total. The number of ether oxygens (including phenoxy) is 1. The van der Waals surface area contributed by atoms with E-state index in [1.165, 1.54) is 11.8 Å². The average molecular weight is 374 g/mol. The Bertz CT molecular complexity index is 898. The zero-order valence-electron chi connectivity index (χ0n) is 13.2. The predicted molar refractivity (Wildman–Crippen MR) is 102 cm³/mol. The van der Waals surface area contributed by atoms with Gasteiger partial charge in [-0.25, -0.2) is 4.98 Å². The Balaban J connectivity index is 1.62. The van der Waals surface area contributed by atoms with Crippen molar-refractivity contribution in [1.82, 2.24) is 9.97 Å². The molecule has 0 fully saturated rings. The number of thioether (sulfide) groups is 1. The fourth-order valence-corrected chi connectivity index (χ4v) is 3.06. The second kappa shape index (κ2) is 8.09. The summed E-state index contributed by atoms with van der Waals surface area (Å²) in [4.78, 5) is 19.4. The number of nitrogen functional groups attached to an aromatic ring is 1. The van der Waals surface area contributed by atoms with Gasteiger partial charge in [0.15, 0.2) is 5.16 Å². The minimum absolute atomic E-state index is 0.219. The van der Waals surface area contributed by atoms with E-state index < -0.39 is 0 Å². The highest BCUT2D eigenvalue weighted by Crippen LogP contribution is 2.22. The Morgan fingerprint density at radius 3 is 2.52 bits per heavy atom. The molecule has 1 heterocycles. The Morgan fingerprint density at radius 2 is 1.84 bits per heavy atom. The normalized spacial score (nSPS) is 10.6. The highest BCUT2D eigenvalue weighted by Gasteiger charge is 2.11. The molecule has 7 heteroatoms. The fraction of sp³-hybridized carbons (Fsp3) is 0.111. The third kappa shape index (κ3) is 4.55. The van der Waals surface area contributed by atoms with Crippen LogP contribution < -0.4 is 16.0 Å². The zero-order chi connectivity index (χ0) is 17.6. The van der Waals surface area contributed by atoms with Gasteiger partial charge in [0.2, 0.25) is 0 Å². The van der Waals surface area contributed by atoms with Crippen molar-refractivity contribution in [2.24, 2.45) is 0 Å². The lowest BCUT2D eigenvalue weighted by molar-refractivity contribution is 0.344. The summed E-state index contributed by atoms with van der Waals surface area (Å²) in [7, 11) is 0. The summed E-state index contributed by atoms with van der Waals surface area (Å²) >= 11 is 7.20. The quantitative estimate of drug-likeness (QED) is 0.389. The number of halogens is 1. The molecule has 0 saturated carbocycles. The lowest BCUT2D eigenvalue weighted by atomic mass is 10.1. The van der Waals surface area contributed by atoms with Crippen LogP contribution in [0.25, 0.3) is 11.1 Å². The number of nitrogens with zero attached hydrogens (tertiary/aromatic N) is 1. The standard InChI is InChI=1S/C18H16ClN3O2S/c19-13-6-8-14(9-7-13)24-10-11-25-18-21-16(20)15(17(23)22-18)12-4-2-1-3-5-12/h1-9H,10-11H2,(H3,20,21,22,23). The Kier molecular flexibility index (Phi) is 5.63. The number of hydrogen-bond donors (Lipinski definition) is 2. The van der Waals surface area contributed by atoms with E-state index in [1.54, 1.807) is 24.3 Å². The van der Waals surface area contributed by atoms with Gasteiger partial charge in [-0.1, -0.05) is 53.7 Å². The molecule has 3 aromatic rings. The molecule has 1 aromatic heterocycles. The van der Waals surface area contributed by atoms with E-state index in [4.69, 9.17) is 22.1 Å². The van der Waals surface area contributed by atoms with Gasteiger partial charge in [0.25, 0.3) is 5.56 Å². The molecule has 5 nitrogen and oxygen atoms in total. The summed E-state index contributed by atoms with van der Waals surface area (Å²) in [6.07, 6.45) is 0. The molecule has 0 radical (unpaired) electrons. The third-order valence-electron chi connectivity index (χ3n) is 3.39. The van der Waals surface area contributed by atoms with Gasteiger partial charge in [-0.3, -0.25) is 4.79 Å². The van der Waals surface area contributed by atoms with Crippen LogP contribution in [0.1, 0.15) is 0 Å². The summed E-state index contributed by atoms with van der Waals surface area (Å²) in [6, 6.07) is 16.4. The van der Waals surface area contributed by atoms with Crippen LogP contribution in [0.3, 0.4) is 0 Å². The van der Waals surface area contributed by atoms with E-state index in [0.29, 0.717) is 28.1 Å². The van der Waals surface area contributed by atoms with Crippen molar-refractivity contribution in [3.05, 3.63) is 70.0 Å². The van der Waals surface area contributed by atoms with Gasteiger partial charge in [-0.2, -0.15) is 0 Å². The smallest absolute Gasteiger partial charge is 0.261 e. The zero-order valence-corrected chi connectivity index (χ0v) is 14.8. The van der Waals surface area contributed by atoms with Crippen LogP contribution in [0.5, 0.6) is 5.75 Å². The lowest BCUT2D eigenvalue weighted by Gasteiger charge is -2.08. The van der Waals surface area contributed by atoms with Gasteiger partial charge in [0.1, 0.15) is 11.6 Å². The summed E-state index contributed by atoms with van der Waals surface area (Å²) < 4.78 is 5.61. The van der Waals surface area contributed by atoms with Crippen LogP contribution in [0, 0.1) is 0 Å². The monoisotopic (exact) mass is 373 g/mol. The van der Waals surface area contributed by atoms with Crippen LogP contribution in [0.4, 0.5) is 5.82 Å². The van der Waals surface area contributed by atoms with Crippen LogP contribution in [0.15, 0.2) is 64.5 Å². The van der Waals surface area contributed by atoms with Gasteiger partial charge in [-0.15, -0.1) is 0 Å². The topological polar surface area (TPSA) is 81.0 Å². The molecule has 0 aliphatic rings. The molecule has 0 amide bonds. The Labute approximate surface area is 154 Å². The maximum absolute atomic E-state index is 12.3. The fourth-order valence-electron chi connectivity index (χ4n) is 2.25. The summed E-state index contributed by atoms with van der Waals surface area (Å²) in [6.45, 7) is 0.469. The number of nitrogens with one attached hydrogen (secondary N) is 1. The van der Waals surface area contributed by atoms with E-state index in [0.717, 1.165) is 11.3 Å². The number of benzene rings is 2. The molecule has 0 spiro atoms. The largest absolute Gasteiger partial charge is 0.493 e. The molecule has 0 unspecified atom stereocenters. The number of aromatic amines is 1. The van der Waals surface area contributed by atoms with E-state index in [-0.39, 0.29) is 11.4 Å². The molecule has 0 bridgehead atoms. The van der Waals surface area contributed by atoms with Crippen LogP contribution >= 0.6 is 23.4 Å². The minimum atomic E-state index is -0.250. The number of anilines is 1. The van der Waals surface area contributed by atoms with E-state index in [2.05, 4.69) is 9.97 Å². The second-order valence-corrected chi connectivity index (χ2v) is 6.67. The van der Waals surface area contributed by atoms with Crippen molar-refractivity contribution in [2.45, 2.75) is 5.16 Å². The van der Waals surface area contributed by atoms with Crippen molar-refractivity contribution < 1.29 is 4.74 Å². The van der Waals surface area contributed by atoms with Crippen molar-refractivity contribution in [3.63, 3.8) is 0 Å². The molecule has 128 valence electrons. The van der Waals surface area contributed by atoms with Crippen molar-refractivity contribution in [3.8, 4) is 16.9 Å². The Morgan fingerprint density at radius 1 is 1.12 bits per heavy atom. The molecule has 3 rings (SSSR count). The van der Waals surface area contributed by atoms with Gasteiger partial charge < -0.3 is 15.5 Å². The SMILES string of the molecule is Nc1nc(SCCOc2ccc(Cl)cc2)[nH]c(=O)c1-c1ccccc1. The highest BCUT2D eigenvalue weighted by molar-refractivity contribution is 7.99. The van der Waals surface area contributed by atoms with Crippen LogP contribution in [-0.4, -0.2) is 22.3 Å². The van der Waals surface area contributed by atoms with Crippen molar-refractivity contribution in [2.75, 3.05) is 18.1 Å². The summed E-state index contributed by atoms with van der Waals surface area (Å²) in [5, 5.41) is 1.14. The second-order valence-electron chi connectivity index (χ2n) is 5.15. The molecular weight excluding hydrogens is 358 g/mol. The van der Waals surface area contributed by atoms with E-state index >= 15 is 0 Å². The molecule has 25 heavy (non-hydrogen) atoms. The first-order valence-corrected chi connectivity index (χ1v) is 8.96. The third-order valence-corrected chi connectivity index (χ3v) is 4.48. The lowest BCUT2D eigenvalue weighted by Crippen LogP contribution is -2.15.